The van der Waals surface area contributed by atoms with E-state index < -0.39 is 0 Å². The second-order valence-corrected chi connectivity index (χ2v) is 5.17. The first-order chi connectivity index (χ1) is 7.84. The molecular weight excluding hydrogens is 198 g/mol. The van der Waals surface area contributed by atoms with Gasteiger partial charge in [-0.2, -0.15) is 0 Å². The summed E-state index contributed by atoms with van der Waals surface area (Å²) in [6, 6.07) is 0.655. The van der Waals surface area contributed by atoms with Crippen molar-refractivity contribution in [2.75, 3.05) is 5.32 Å². The molecule has 1 aromatic heterocycles. The monoisotopic (exact) mass is 217 g/mol. The van der Waals surface area contributed by atoms with Crippen molar-refractivity contribution < 1.29 is 0 Å². The Labute approximate surface area is 96.7 Å². The van der Waals surface area contributed by atoms with Gasteiger partial charge in [0.2, 0.25) is 0 Å². The van der Waals surface area contributed by atoms with E-state index in [4.69, 9.17) is 0 Å². The van der Waals surface area contributed by atoms with E-state index >= 15 is 0 Å². The summed E-state index contributed by atoms with van der Waals surface area (Å²) >= 11 is 0. The predicted molar refractivity (Wildman–Crippen MR) is 64.5 cm³/mol. The molecule has 16 heavy (non-hydrogen) atoms. The smallest absolute Gasteiger partial charge is 0.133 e. The average Bonchev–Trinajstić information content (AvgIpc) is 3.01. The zero-order chi connectivity index (χ0) is 11.0. The molecule has 3 heteroatoms. The van der Waals surface area contributed by atoms with Crippen LogP contribution in [-0.4, -0.2) is 16.0 Å². The van der Waals surface area contributed by atoms with Gasteiger partial charge in [0.15, 0.2) is 0 Å². The largest absolute Gasteiger partial charge is 0.367 e. The minimum Gasteiger partial charge on any atom is -0.367 e. The van der Waals surface area contributed by atoms with Crippen LogP contribution in [-0.2, 0) is 12.8 Å². The van der Waals surface area contributed by atoms with Gasteiger partial charge in [0.05, 0.1) is 0 Å². The van der Waals surface area contributed by atoms with E-state index in [1.165, 1.54) is 36.9 Å². The van der Waals surface area contributed by atoms with Gasteiger partial charge in [0.1, 0.15) is 12.1 Å². The molecule has 3 nitrogen and oxygen atoms in total. The Bertz CT molecular complexity index is 389. The molecule has 0 aromatic carbocycles. The molecule has 0 bridgehead atoms. The van der Waals surface area contributed by atoms with Crippen LogP contribution < -0.4 is 5.32 Å². The van der Waals surface area contributed by atoms with Crippen molar-refractivity contribution >= 4 is 5.82 Å². The van der Waals surface area contributed by atoms with Crippen LogP contribution in [0.25, 0.3) is 0 Å². The second kappa shape index (κ2) is 4.04. The highest BCUT2D eigenvalue weighted by molar-refractivity contribution is 5.48. The van der Waals surface area contributed by atoms with Crippen LogP contribution in [0.2, 0.25) is 0 Å². The Balaban J connectivity index is 1.86. The van der Waals surface area contributed by atoms with Crippen molar-refractivity contribution in [1.82, 2.24) is 9.97 Å². The fourth-order valence-electron chi connectivity index (χ4n) is 2.52. The third kappa shape index (κ3) is 1.91. The van der Waals surface area contributed by atoms with Crippen molar-refractivity contribution in [1.29, 1.82) is 0 Å². The van der Waals surface area contributed by atoms with Crippen LogP contribution in [0, 0.1) is 5.92 Å². The number of nitrogens with zero attached hydrogens (tertiary/aromatic N) is 2. The van der Waals surface area contributed by atoms with Gasteiger partial charge in [-0.1, -0.05) is 13.3 Å². The van der Waals surface area contributed by atoms with Crippen LogP contribution in [0.1, 0.15) is 43.9 Å². The maximum Gasteiger partial charge on any atom is 0.133 e. The van der Waals surface area contributed by atoms with Crippen LogP contribution >= 0.6 is 0 Å². The Morgan fingerprint density at radius 2 is 2.00 bits per heavy atom. The van der Waals surface area contributed by atoms with Gasteiger partial charge in [0, 0.05) is 17.3 Å². The summed E-state index contributed by atoms with van der Waals surface area (Å²) in [5.74, 6) is 1.93. The Morgan fingerprint density at radius 1 is 1.19 bits per heavy atom. The molecule has 2 aliphatic rings. The van der Waals surface area contributed by atoms with E-state index in [0.717, 1.165) is 24.6 Å². The fraction of sp³-hybridized carbons (Fsp3) is 0.692. The van der Waals surface area contributed by atoms with Gasteiger partial charge in [-0.25, -0.2) is 9.97 Å². The molecule has 0 aliphatic heterocycles. The van der Waals surface area contributed by atoms with Gasteiger partial charge in [-0.15, -0.1) is 0 Å². The average molecular weight is 217 g/mol. The lowest BCUT2D eigenvalue weighted by Crippen LogP contribution is -2.10. The van der Waals surface area contributed by atoms with Crippen LogP contribution in [0.15, 0.2) is 6.33 Å². The highest BCUT2D eigenvalue weighted by atomic mass is 15.1. The fourth-order valence-corrected chi connectivity index (χ4v) is 2.52. The van der Waals surface area contributed by atoms with Crippen molar-refractivity contribution in [2.45, 2.75) is 51.5 Å². The van der Waals surface area contributed by atoms with E-state index in [0.29, 0.717) is 6.04 Å². The first-order valence-corrected chi connectivity index (χ1v) is 6.44. The van der Waals surface area contributed by atoms with Gasteiger partial charge in [-0.05, 0) is 38.0 Å². The Hall–Kier alpha value is -1.12. The molecule has 0 amide bonds. The Kier molecular flexibility index (Phi) is 2.54. The Morgan fingerprint density at radius 3 is 2.81 bits per heavy atom. The van der Waals surface area contributed by atoms with Crippen LogP contribution in [0.4, 0.5) is 5.82 Å². The molecule has 1 fully saturated rings. The number of nitrogens with one attached hydrogen (secondary N) is 1. The topological polar surface area (TPSA) is 37.8 Å². The first-order valence-electron chi connectivity index (χ1n) is 6.44. The third-order valence-corrected chi connectivity index (χ3v) is 3.81. The van der Waals surface area contributed by atoms with E-state index in [1.807, 2.05) is 0 Å². The van der Waals surface area contributed by atoms with E-state index in [9.17, 15) is 0 Å². The number of anilines is 1. The zero-order valence-electron chi connectivity index (χ0n) is 9.87. The maximum absolute atomic E-state index is 4.44. The number of hydrogen-bond donors (Lipinski definition) is 1. The zero-order valence-corrected chi connectivity index (χ0v) is 9.87. The number of hydrogen-bond acceptors (Lipinski definition) is 3. The molecule has 2 unspecified atom stereocenters. The number of rotatable bonds is 2. The molecule has 2 aliphatic carbocycles. The van der Waals surface area contributed by atoms with Crippen LogP contribution in [0.5, 0.6) is 0 Å². The summed E-state index contributed by atoms with van der Waals surface area (Å²) in [5.41, 5.74) is 2.67. The number of aromatic nitrogens is 2. The quantitative estimate of drug-likeness (QED) is 0.774. The van der Waals surface area contributed by atoms with Crippen molar-refractivity contribution in [3.63, 3.8) is 0 Å². The summed E-state index contributed by atoms with van der Waals surface area (Å²) in [7, 11) is 0. The van der Waals surface area contributed by atoms with Crippen molar-refractivity contribution in [3.8, 4) is 0 Å². The minimum atomic E-state index is 0.655. The van der Waals surface area contributed by atoms with Crippen molar-refractivity contribution in [2.24, 2.45) is 5.92 Å². The minimum absolute atomic E-state index is 0.655. The highest BCUT2D eigenvalue weighted by Crippen LogP contribution is 2.34. The lowest BCUT2D eigenvalue weighted by molar-refractivity contribution is 0.708. The molecule has 0 saturated heterocycles. The lowest BCUT2D eigenvalue weighted by atomic mass is 10.1. The summed E-state index contributed by atoms with van der Waals surface area (Å²) in [4.78, 5) is 8.86. The first kappa shape index (κ1) is 10.1. The highest BCUT2D eigenvalue weighted by Gasteiger charge is 2.33. The molecule has 1 heterocycles. The molecule has 0 spiro atoms. The van der Waals surface area contributed by atoms with Gasteiger partial charge >= 0.3 is 0 Å². The van der Waals surface area contributed by atoms with Gasteiger partial charge in [0.25, 0.3) is 0 Å². The molecule has 1 aromatic rings. The third-order valence-electron chi connectivity index (χ3n) is 3.81. The molecule has 0 radical (unpaired) electrons. The summed E-state index contributed by atoms with van der Waals surface area (Å²) in [6.07, 6.45) is 9.19. The number of aryl methyl sites for hydroxylation is 1. The van der Waals surface area contributed by atoms with Gasteiger partial charge < -0.3 is 5.32 Å². The van der Waals surface area contributed by atoms with Gasteiger partial charge in [-0.3, -0.25) is 0 Å². The molecule has 86 valence electrons. The summed E-state index contributed by atoms with van der Waals surface area (Å²) in [6.45, 7) is 2.29. The lowest BCUT2D eigenvalue weighted by Gasteiger charge is -2.11. The summed E-state index contributed by atoms with van der Waals surface area (Å²) in [5, 5.41) is 3.57. The van der Waals surface area contributed by atoms with E-state index in [2.05, 4.69) is 22.2 Å². The normalized spacial score (nSPS) is 28.1. The predicted octanol–water partition coefficient (Wildman–Crippen LogP) is 2.57. The van der Waals surface area contributed by atoms with Crippen LogP contribution in [0.3, 0.4) is 0 Å². The number of fused-ring (bicyclic) bond motifs is 1. The second-order valence-electron chi connectivity index (χ2n) is 5.17. The summed E-state index contributed by atoms with van der Waals surface area (Å²) < 4.78 is 0. The molecular formula is C13H19N3. The molecule has 2 atom stereocenters. The molecule has 1 N–H and O–H groups in total. The molecule has 1 saturated carbocycles. The van der Waals surface area contributed by atoms with E-state index in [1.54, 1.807) is 6.33 Å². The maximum atomic E-state index is 4.44. The SMILES string of the molecule is CC1CC1Nc1ncnc2c1CCCCC2. The standard InChI is InChI=1S/C13H19N3/c1-9-7-12(9)16-13-10-5-3-2-4-6-11(10)14-8-15-13/h8-9,12H,2-7H2,1H3,(H,14,15,16). The van der Waals surface area contributed by atoms with Crippen molar-refractivity contribution in [3.05, 3.63) is 17.6 Å². The molecule has 3 rings (SSSR count). The van der Waals surface area contributed by atoms with E-state index in [-0.39, 0.29) is 0 Å².